The second kappa shape index (κ2) is 6.47. The van der Waals surface area contributed by atoms with Crippen LogP contribution in [0.2, 0.25) is 0 Å². The Balaban J connectivity index is 1.92. The fourth-order valence-corrected chi connectivity index (χ4v) is 3.08. The van der Waals surface area contributed by atoms with Gasteiger partial charge in [-0.1, -0.05) is 6.92 Å². The van der Waals surface area contributed by atoms with E-state index in [0.29, 0.717) is 18.1 Å². The molecule has 0 bridgehead atoms. The van der Waals surface area contributed by atoms with Gasteiger partial charge >= 0.3 is 0 Å². The van der Waals surface area contributed by atoms with Crippen LogP contribution in [0.1, 0.15) is 31.7 Å². The number of hydrogen-bond acceptors (Lipinski definition) is 4. The van der Waals surface area contributed by atoms with Gasteiger partial charge in [0.15, 0.2) is 0 Å². The van der Waals surface area contributed by atoms with Gasteiger partial charge in [-0.3, -0.25) is 0 Å². The van der Waals surface area contributed by atoms with E-state index in [4.69, 9.17) is 4.74 Å². The van der Waals surface area contributed by atoms with E-state index in [1.807, 2.05) is 6.20 Å². The Labute approximate surface area is 108 Å². The number of rotatable bonds is 6. The molecular formula is C13H22N2OS. The Morgan fingerprint density at radius 3 is 3.12 bits per heavy atom. The predicted octanol–water partition coefficient (Wildman–Crippen LogP) is 2.48. The highest BCUT2D eigenvalue weighted by Gasteiger charge is 2.29. The first-order chi connectivity index (χ1) is 8.29. The summed E-state index contributed by atoms with van der Waals surface area (Å²) >= 11 is 1.75. The van der Waals surface area contributed by atoms with E-state index in [-0.39, 0.29) is 0 Å². The topological polar surface area (TPSA) is 34.2 Å². The van der Waals surface area contributed by atoms with E-state index >= 15 is 0 Å². The van der Waals surface area contributed by atoms with Crippen LogP contribution >= 0.6 is 11.3 Å². The molecule has 2 heterocycles. The summed E-state index contributed by atoms with van der Waals surface area (Å²) in [5.41, 5.74) is 0. The summed E-state index contributed by atoms with van der Waals surface area (Å²) in [5, 5.41) is 6.95. The normalized spacial score (nSPS) is 26.2. The molecule has 4 heteroatoms. The second-order valence-corrected chi connectivity index (χ2v) is 5.81. The molecule has 1 aromatic rings. The van der Waals surface area contributed by atoms with E-state index in [1.165, 1.54) is 17.8 Å². The molecule has 1 aliphatic heterocycles. The molecular weight excluding hydrogens is 232 g/mol. The molecule has 0 aliphatic carbocycles. The van der Waals surface area contributed by atoms with Crippen molar-refractivity contribution in [2.24, 2.45) is 5.92 Å². The summed E-state index contributed by atoms with van der Waals surface area (Å²) in [4.78, 5) is 4.39. The Kier molecular flexibility index (Phi) is 4.95. The van der Waals surface area contributed by atoms with Crippen molar-refractivity contribution in [3.63, 3.8) is 0 Å². The zero-order chi connectivity index (χ0) is 12.1. The molecule has 1 saturated heterocycles. The maximum Gasteiger partial charge on any atom is 0.0940 e. The van der Waals surface area contributed by atoms with Crippen LogP contribution in [-0.4, -0.2) is 30.3 Å². The van der Waals surface area contributed by atoms with Crippen molar-refractivity contribution in [1.82, 2.24) is 10.3 Å². The summed E-state index contributed by atoms with van der Waals surface area (Å²) in [5.74, 6) is 0.639. The summed E-state index contributed by atoms with van der Waals surface area (Å²) in [7, 11) is 0. The quantitative estimate of drug-likeness (QED) is 0.847. The Bertz CT molecular complexity index is 315. The van der Waals surface area contributed by atoms with Gasteiger partial charge in [0.2, 0.25) is 0 Å². The molecule has 0 aromatic carbocycles. The highest BCUT2D eigenvalue weighted by molar-refractivity contribution is 7.09. The average molecular weight is 254 g/mol. The zero-order valence-electron chi connectivity index (χ0n) is 10.7. The van der Waals surface area contributed by atoms with Crippen molar-refractivity contribution in [2.75, 3.05) is 13.2 Å². The largest absolute Gasteiger partial charge is 0.378 e. The van der Waals surface area contributed by atoms with Crippen LogP contribution in [-0.2, 0) is 11.2 Å². The molecule has 0 spiro atoms. The lowest BCUT2D eigenvalue weighted by Crippen LogP contribution is -2.39. The van der Waals surface area contributed by atoms with Crippen LogP contribution < -0.4 is 5.32 Å². The minimum Gasteiger partial charge on any atom is -0.378 e. The molecule has 1 aliphatic rings. The summed E-state index contributed by atoms with van der Waals surface area (Å²) in [6.07, 6.45) is 5.70. The van der Waals surface area contributed by atoms with E-state index in [0.717, 1.165) is 19.6 Å². The van der Waals surface area contributed by atoms with Crippen molar-refractivity contribution < 1.29 is 4.74 Å². The van der Waals surface area contributed by atoms with E-state index in [1.54, 1.807) is 11.3 Å². The summed E-state index contributed by atoms with van der Waals surface area (Å²) < 4.78 is 5.69. The van der Waals surface area contributed by atoms with E-state index < -0.39 is 0 Å². The number of nitrogens with one attached hydrogen (secondary N) is 1. The molecule has 1 N–H and O–H groups in total. The van der Waals surface area contributed by atoms with Crippen molar-refractivity contribution in [2.45, 2.75) is 45.3 Å². The van der Waals surface area contributed by atoms with Gasteiger partial charge in [-0.2, -0.15) is 0 Å². The molecule has 0 radical (unpaired) electrons. The minimum atomic E-state index is 0.419. The van der Waals surface area contributed by atoms with Gasteiger partial charge in [-0.25, -0.2) is 4.98 Å². The first-order valence-corrected chi connectivity index (χ1v) is 7.41. The highest BCUT2D eigenvalue weighted by atomic mass is 32.1. The van der Waals surface area contributed by atoms with Crippen molar-refractivity contribution in [1.29, 1.82) is 0 Å². The van der Waals surface area contributed by atoms with Crippen molar-refractivity contribution >= 4 is 11.3 Å². The van der Waals surface area contributed by atoms with Gasteiger partial charge in [0.1, 0.15) is 0 Å². The van der Waals surface area contributed by atoms with Gasteiger partial charge in [0.25, 0.3) is 0 Å². The molecule has 0 amide bonds. The van der Waals surface area contributed by atoms with Crippen molar-refractivity contribution in [3.05, 3.63) is 16.6 Å². The van der Waals surface area contributed by atoms with Gasteiger partial charge in [-0.15, -0.1) is 11.3 Å². The monoisotopic (exact) mass is 254 g/mol. The van der Waals surface area contributed by atoms with Crippen LogP contribution in [0.25, 0.3) is 0 Å². The highest BCUT2D eigenvalue weighted by Crippen LogP contribution is 2.24. The molecule has 3 atom stereocenters. The van der Waals surface area contributed by atoms with Crippen LogP contribution in [0.3, 0.4) is 0 Å². The Morgan fingerprint density at radius 1 is 1.65 bits per heavy atom. The molecule has 0 saturated carbocycles. The average Bonchev–Trinajstić information content (AvgIpc) is 2.95. The predicted molar refractivity (Wildman–Crippen MR) is 71.4 cm³/mol. The molecule has 3 nitrogen and oxygen atoms in total. The Hall–Kier alpha value is -0.450. The minimum absolute atomic E-state index is 0.419. The third-order valence-electron chi connectivity index (χ3n) is 3.33. The first kappa shape index (κ1) is 13.0. The lowest BCUT2D eigenvalue weighted by Gasteiger charge is -2.23. The lowest BCUT2D eigenvalue weighted by molar-refractivity contribution is 0.117. The lowest BCUT2D eigenvalue weighted by atomic mass is 9.94. The Morgan fingerprint density at radius 2 is 2.53 bits per heavy atom. The molecule has 3 unspecified atom stereocenters. The smallest absolute Gasteiger partial charge is 0.0940 e. The maximum atomic E-state index is 5.69. The van der Waals surface area contributed by atoms with Gasteiger partial charge in [-0.05, 0) is 26.3 Å². The third-order valence-corrected chi connectivity index (χ3v) is 4.14. The molecule has 1 aromatic heterocycles. The van der Waals surface area contributed by atoms with Crippen LogP contribution in [0.4, 0.5) is 0 Å². The number of thiazole rings is 1. The first-order valence-electron chi connectivity index (χ1n) is 6.53. The maximum absolute atomic E-state index is 5.69. The number of nitrogens with zero attached hydrogens (tertiary/aromatic N) is 1. The number of hydrogen-bond donors (Lipinski definition) is 1. The van der Waals surface area contributed by atoms with Gasteiger partial charge in [0.05, 0.1) is 17.7 Å². The molecule has 2 rings (SSSR count). The summed E-state index contributed by atoms with van der Waals surface area (Å²) in [6.45, 7) is 6.36. The number of ether oxygens (including phenoxy) is 1. The molecule has 1 fully saturated rings. The van der Waals surface area contributed by atoms with Crippen LogP contribution in [0.5, 0.6) is 0 Å². The standard InChI is InChI=1S/C13H22N2OS/c1-3-4-14-12(8-13-15-5-6-17-13)11-7-10(2)16-9-11/h5-6,10-12,14H,3-4,7-9H2,1-2H3. The van der Waals surface area contributed by atoms with E-state index in [9.17, 15) is 0 Å². The van der Waals surface area contributed by atoms with Crippen molar-refractivity contribution in [3.8, 4) is 0 Å². The molecule has 17 heavy (non-hydrogen) atoms. The van der Waals surface area contributed by atoms with E-state index in [2.05, 4.69) is 29.5 Å². The SMILES string of the molecule is CCCNC(Cc1nccs1)C1COC(C)C1. The fraction of sp³-hybridized carbons (Fsp3) is 0.769. The zero-order valence-corrected chi connectivity index (χ0v) is 11.5. The summed E-state index contributed by atoms with van der Waals surface area (Å²) in [6, 6.07) is 0.519. The third kappa shape index (κ3) is 3.76. The van der Waals surface area contributed by atoms with Gasteiger partial charge < -0.3 is 10.1 Å². The second-order valence-electron chi connectivity index (χ2n) is 4.83. The molecule has 96 valence electrons. The number of aromatic nitrogens is 1. The van der Waals surface area contributed by atoms with Crippen LogP contribution in [0.15, 0.2) is 11.6 Å². The van der Waals surface area contributed by atoms with Crippen LogP contribution in [0, 0.1) is 5.92 Å². The van der Waals surface area contributed by atoms with Gasteiger partial charge in [0, 0.05) is 30.0 Å². The fourth-order valence-electron chi connectivity index (χ4n) is 2.41.